The summed E-state index contributed by atoms with van der Waals surface area (Å²) in [4.78, 5) is 0. The van der Waals surface area contributed by atoms with Crippen molar-refractivity contribution < 1.29 is 14.2 Å². The molecule has 2 aromatic rings. The highest BCUT2D eigenvalue weighted by Crippen LogP contribution is 2.30. The third kappa shape index (κ3) is 3.49. The van der Waals surface area contributed by atoms with Gasteiger partial charge >= 0.3 is 0 Å². The molecule has 0 bridgehead atoms. The fourth-order valence-electron chi connectivity index (χ4n) is 2.02. The first kappa shape index (κ1) is 15.3. The second kappa shape index (κ2) is 7.04. The van der Waals surface area contributed by atoms with Gasteiger partial charge in [-0.15, -0.1) is 0 Å². The maximum absolute atomic E-state index is 5.39. The first-order chi connectivity index (χ1) is 10.2. The van der Waals surface area contributed by atoms with Crippen LogP contribution in [0.4, 0.5) is 0 Å². The van der Waals surface area contributed by atoms with Gasteiger partial charge in [0.1, 0.15) is 11.5 Å². The van der Waals surface area contributed by atoms with E-state index in [2.05, 4.69) is 11.7 Å². The summed E-state index contributed by atoms with van der Waals surface area (Å²) in [6, 6.07) is 5.74. The molecule has 0 fully saturated rings. The van der Waals surface area contributed by atoms with Crippen molar-refractivity contribution in [2.45, 2.75) is 13.5 Å². The Balaban J connectivity index is 2.39. The number of ether oxygens (including phenoxy) is 2. The van der Waals surface area contributed by atoms with Gasteiger partial charge in [0, 0.05) is 11.2 Å². The molecule has 0 amide bonds. The standard InChI is InChI=1S/C16H19N2O2S/c1-5-11-18-16(21-12(2)17-18)10-9-13-14(19-3)7-6-8-15(13)20-4/h5-10H,1,11H2,2-4H3/q+1/b10-9+. The predicted octanol–water partition coefficient (Wildman–Crippen LogP) is 3.11. The number of allylic oxidation sites excluding steroid dienone is 1. The van der Waals surface area contributed by atoms with E-state index in [1.54, 1.807) is 25.6 Å². The van der Waals surface area contributed by atoms with Crippen LogP contribution in [0.25, 0.3) is 12.2 Å². The number of hydrogen-bond acceptors (Lipinski definition) is 4. The number of benzene rings is 1. The molecule has 0 saturated carbocycles. The van der Waals surface area contributed by atoms with Gasteiger partial charge in [-0.1, -0.05) is 17.3 Å². The third-order valence-corrected chi connectivity index (χ3v) is 3.86. The summed E-state index contributed by atoms with van der Waals surface area (Å²) < 4.78 is 12.7. The van der Waals surface area contributed by atoms with Crippen LogP contribution in [0.1, 0.15) is 15.6 Å². The molecule has 0 N–H and O–H groups in total. The second-order valence-electron chi connectivity index (χ2n) is 4.34. The zero-order valence-corrected chi connectivity index (χ0v) is 13.3. The Bertz CT molecular complexity index is 640. The fraction of sp³-hybridized carbons (Fsp3) is 0.250. The number of aryl methyl sites for hydroxylation is 1. The third-order valence-electron chi connectivity index (χ3n) is 2.93. The van der Waals surface area contributed by atoms with Gasteiger partial charge in [0.2, 0.25) is 0 Å². The zero-order valence-electron chi connectivity index (χ0n) is 12.5. The largest absolute Gasteiger partial charge is 0.496 e. The average Bonchev–Trinajstić information content (AvgIpc) is 2.84. The Hall–Kier alpha value is -2.14. The van der Waals surface area contributed by atoms with Crippen molar-refractivity contribution in [3.8, 4) is 11.5 Å². The summed E-state index contributed by atoms with van der Waals surface area (Å²) in [5.41, 5.74) is 0.915. The molecule has 0 aliphatic rings. The van der Waals surface area contributed by atoms with Gasteiger partial charge in [0.25, 0.3) is 5.01 Å². The van der Waals surface area contributed by atoms with E-state index in [0.29, 0.717) is 6.54 Å². The van der Waals surface area contributed by atoms with Crippen LogP contribution in [0.5, 0.6) is 11.5 Å². The first-order valence-electron chi connectivity index (χ1n) is 6.57. The minimum absolute atomic E-state index is 0.688. The molecule has 0 unspecified atom stereocenters. The Morgan fingerprint density at radius 2 is 1.90 bits per heavy atom. The van der Waals surface area contributed by atoms with Gasteiger partial charge in [0.15, 0.2) is 11.6 Å². The topological polar surface area (TPSA) is 35.2 Å². The lowest BCUT2D eigenvalue weighted by atomic mass is 10.1. The summed E-state index contributed by atoms with van der Waals surface area (Å²) in [5.74, 6) is 1.56. The van der Waals surface area contributed by atoms with Crippen LogP contribution < -0.4 is 14.2 Å². The number of hydrogen-bond donors (Lipinski definition) is 0. The van der Waals surface area contributed by atoms with Crippen molar-refractivity contribution in [3.05, 3.63) is 46.4 Å². The van der Waals surface area contributed by atoms with Crippen LogP contribution >= 0.6 is 11.3 Å². The molecule has 4 nitrogen and oxygen atoms in total. The predicted molar refractivity (Wildman–Crippen MR) is 85.7 cm³/mol. The van der Waals surface area contributed by atoms with Gasteiger partial charge in [-0.2, -0.15) is 0 Å². The van der Waals surface area contributed by atoms with Gasteiger partial charge in [0.05, 0.1) is 19.8 Å². The number of nitrogens with zero attached hydrogens (tertiary/aromatic N) is 2. The van der Waals surface area contributed by atoms with E-state index in [4.69, 9.17) is 9.47 Å². The van der Waals surface area contributed by atoms with Crippen molar-refractivity contribution in [2.75, 3.05) is 14.2 Å². The van der Waals surface area contributed by atoms with E-state index in [9.17, 15) is 0 Å². The summed E-state index contributed by atoms with van der Waals surface area (Å²) >= 11 is 1.64. The van der Waals surface area contributed by atoms with Gasteiger partial charge in [-0.05, 0) is 42.5 Å². The molecule has 1 aromatic carbocycles. The van der Waals surface area contributed by atoms with Crippen LogP contribution in [0, 0.1) is 6.92 Å². The van der Waals surface area contributed by atoms with Crippen LogP contribution in [0.3, 0.4) is 0 Å². The molecule has 1 heterocycles. The number of rotatable bonds is 6. The summed E-state index contributed by atoms with van der Waals surface area (Å²) in [7, 11) is 3.31. The van der Waals surface area contributed by atoms with Crippen LogP contribution in [-0.4, -0.2) is 19.3 Å². The maximum Gasteiger partial charge on any atom is 0.289 e. The maximum atomic E-state index is 5.39. The second-order valence-corrected chi connectivity index (χ2v) is 5.55. The highest BCUT2D eigenvalue weighted by Gasteiger charge is 2.14. The molecular formula is C16H19N2O2S+. The van der Waals surface area contributed by atoms with Crippen molar-refractivity contribution in [3.63, 3.8) is 0 Å². The minimum Gasteiger partial charge on any atom is -0.496 e. The number of methoxy groups -OCH3 is 2. The Morgan fingerprint density at radius 3 is 2.48 bits per heavy atom. The molecule has 21 heavy (non-hydrogen) atoms. The van der Waals surface area contributed by atoms with E-state index in [1.165, 1.54) is 0 Å². The van der Waals surface area contributed by atoms with E-state index in [-0.39, 0.29) is 0 Å². The molecule has 0 radical (unpaired) electrons. The lowest BCUT2D eigenvalue weighted by Crippen LogP contribution is -2.37. The van der Waals surface area contributed by atoms with Crippen molar-refractivity contribution >= 4 is 23.5 Å². The van der Waals surface area contributed by atoms with Gasteiger partial charge < -0.3 is 9.47 Å². The first-order valence-corrected chi connectivity index (χ1v) is 7.38. The molecule has 0 spiro atoms. The Morgan fingerprint density at radius 1 is 1.24 bits per heavy atom. The molecule has 0 atom stereocenters. The summed E-state index contributed by atoms with van der Waals surface area (Å²) in [6.07, 6.45) is 5.85. The van der Waals surface area contributed by atoms with Gasteiger partial charge in [-0.25, -0.2) is 0 Å². The molecule has 1 aromatic heterocycles. The molecular weight excluding hydrogens is 284 g/mol. The zero-order chi connectivity index (χ0) is 15.2. The van der Waals surface area contributed by atoms with Crippen molar-refractivity contribution in [1.29, 1.82) is 0 Å². The Labute approximate surface area is 129 Å². The molecule has 0 saturated heterocycles. The highest BCUT2D eigenvalue weighted by molar-refractivity contribution is 7.11. The van der Waals surface area contributed by atoms with Crippen LogP contribution in [0.15, 0.2) is 30.9 Å². The summed E-state index contributed by atoms with van der Waals surface area (Å²) in [6.45, 7) is 6.44. The van der Waals surface area contributed by atoms with E-state index in [1.807, 2.05) is 48.0 Å². The van der Waals surface area contributed by atoms with Crippen LogP contribution in [-0.2, 0) is 6.54 Å². The Kier molecular flexibility index (Phi) is 5.11. The number of aromatic nitrogens is 2. The molecule has 0 aliphatic heterocycles. The lowest BCUT2D eigenvalue weighted by Gasteiger charge is -2.09. The van der Waals surface area contributed by atoms with Crippen molar-refractivity contribution in [2.24, 2.45) is 0 Å². The molecule has 110 valence electrons. The summed E-state index contributed by atoms with van der Waals surface area (Å²) in [5, 5.41) is 6.52. The normalized spacial score (nSPS) is 10.8. The highest BCUT2D eigenvalue weighted by atomic mass is 32.1. The van der Waals surface area contributed by atoms with Crippen LogP contribution in [0.2, 0.25) is 0 Å². The van der Waals surface area contributed by atoms with E-state index < -0.39 is 0 Å². The van der Waals surface area contributed by atoms with E-state index in [0.717, 1.165) is 27.1 Å². The average molecular weight is 303 g/mol. The van der Waals surface area contributed by atoms with Crippen molar-refractivity contribution in [1.82, 2.24) is 5.10 Å². The smallest absolute Gasteiger partial charge is 0.289 e. The fourth-order valence-corrected chi connectivity index (χ4v) is 2.81. The molecule has 0 aliphatic carbocycles. The lowest BCUT2D eigenvalue weighted by molar-refractivity contribution is -0.741. The van der Waals surface area contributed by atoms with E-state index >= 15 is 0 Å². The monoisotopic (exact) mass is 303 g/mol. The molecule has 5 heteroatoms. The molecule has 2 rings (SSSR count). The SMILES string of the molecule is C=CC[n+]1nc(C)sc1/C=C/c1c(OC)cccc1OC. The van der Waals surface area contributed by atoms with Gasteiger partial charge in [-0.3, -0.25) is 0 Å². The minimum atomic E-state index is 0.688. The quantitative estimate of drug-likeness (QED) is 0.607.